The van der Waals surface area contributed by atoms with E-state index in [4.69, 9.17) is 9.47 Å². The van der Waals surface area contributed by atoms with Crippen molar-refractivity contribution in [2.75, 3.05) is 20.3 Å². The highest BCUT2D eigenvalue weighted by Crippen LogP contribution is 2.11. The lowest BCUT2D eigenvalue weighted by atomic mass is 10.1. The molecule has 0 aromatic rings. The first-order valence-corrected chi connectivity index (χ1v) is 11.9. The molecular formula is C26H44O3. The smallest absolute Gasteiger partial charge is 0.305 e. The van der Waals surface area contributed by atoms with Crippen molar-refractivity contribution in [3.63, 3.8) is 0 Å². The molecule has 0 N–H and O–H groups in total. The van der Waals surface area contributed by atoms with E-state index in [9.17, 15) is 4.79 Å². The van der Waals surface area contributed by atoms with E-state index in [0.29, 0.717) is 19.6 Å². The van der Waals surface area contributed by atoms with Crippen LogP contribution >= 0.6 is 0 Å². The monoisotopic (exact) mass is 404 g/mol. The Hall–Kier alpha value is -1.45. The predicted molar refractivity (Wildman–Crippen MR) is 123 cm³/mol. The van der Waals surface area contributed by atoms with E-state index in [1.165, 1.54) is 64.2 Å². The summed E-state index contributed by atoms with van der Waals surface area (Å²) in [4.78, 5) is 11.4. The molecule has 29 heavy (non-hydrogen) atoms. The van der Waals surface area contributed by atoms with Crippen molar-refractivity contribution in [2.24, 2.45) is 0 Å². The number of ether oxygens (including phenoxy) is 2. The second-order valence-corrected chi connectivity index (χ2v) is 7.66. The number of rotatable bonds is 19. The Morgan fingerprint density at radius 2 is 1.14 bits per heavy atom. The van der Waals surface area contributed by atoms with Crippen LogP contribution in [0.1, 0.15) is 116 Å². The van der Waals surface area contributed by atoms with Crippen LogP contribution in [0.3, 0.4) is 0 Å². The Labute approximate surface area is 180 Å². The molecule has 0 atom stereocenters. The zero-order valence-corrected chi connectivity index (χ0v) is 19.2. The van der Waals surface area contributed by atoms with Gasteiger partial charge in [0.05, 0.1) is 6.61 Å². The van der Waals surface area contributed by atoms with E-state index >= 15 is 0 Å². The highest BCUT2D eigenvalue weighted by molar-refractivity contribution is 5.69. The molecule has 0 saturated heterocycles. The Bertz CT molecular complexity index is 476. The average Bonchev–Trinajstić information content (AvgIpc) is 2.72. The summed E-state index contributed by atoms with van der Waals surface area (Å²) < 4.78 is 9.86. The van der Waals surface area contributed by atoms with E-state index in [2.05, 4.69) is 30.6 Å². The molecule has 0 unspecified atom stereocenters. The maximum Gasteiger partial charge on any atom is 0.305 e. The molecule has 0 spiro atoms. The van der Waals surface area contributed by atoms with Crippen LogP contribution in [0.15, 0.2) is 0 Å². The van der Waals surface area contributed by atoms with Crippen molar-refractivity contribution in [2.45, 2.75) is 116 Å². The minimum atomic E-state index is -0.125. The second-order valence-electron chi connectivity index (χ2n) is 7.66. The highest BCUT2D eigenvalue weighted by Gasteiger charge is 2.01. The Morgan fingerprint density at radius 1 is 0.655 bits per heavy atom. The summed E-state index contributed by atoms with van der Waals surface area (Å²) in [5.74, 6) is 12.1. The quantitative estimate of drug-likeness (QED) is 0.134. The van der Waals surface area contributed by atoms with Crippen LogP contribution in [-0.4, -0.2) is 26.3 Å². The van der Waals surface area contributed by atoms with E-state index in [-0.39, 0.29) is 5.97 Å². The molecule has 3 heteroatoms. The van der Waals surface area contributed by atoms with Gasteiger partial charge in [0.1, 0.15) is 6.61 Å². The number of methoxy groups -OCH3 is 1. The molecule has 0 bridgehead atoms. The van der Waals surface area contributed by atoms with Gasteiger partial charge in [0.2, 0.25) is 0 Å². The van der Waals surface area contributed by atoms with Gasteiger partial charge in [-0.1, -0.05) is 89.4 Å². The third-order valence-electron chi connectivity index (χ3n) is 4.88. The van der Waals surface area contributed by atoms with Crippen molar-refractivity contribution in [3.05, 3.63) is 0 Å². The molecule has 0 heterocycles. The molecule has 0 fully saturated rings. The van der Waals surface area contributed by atoms with Gasteiger partial charge >= 0.3 is 5.97 Å². The maximum atomic E-state index is 11.4. The first-order chi connectivity index (χ1) is 14.3. The summed E-state index contributed by atoms with van der Waals surface area (Å²) in [5.41, 5.74) is 0. The van der Waals surface area contributed by atoms with Crippen LogP contribution < -0.4 is 0 Å². The molecule has 0 saturated carbocycles. The van der Waals surface area contributed by atoms with E-state index < -0.39 is 0 Å². The lowest BCUT2D eigenvalue weighted by Crippen LogP contribution is -2.09. The fraction of sp³-hybridized carbons (Fsp3) is 0.808. The SMILES string of the molecule is CCCCCCCCCCCCC#CC#CCCCCCCC(=O)OCCOC. The highest BCUT2D eigenvalue weighted by atomic mass is 16.6. The number of esters is 1. The van der Waals surface area contributed by atoms with Crippen LogP contribution in [-0.2, 0) is 14.3 Å². The third kappa shape index (κ3) is 24.5. The van der Waals surface area contributed by atoms with Gasteiger partial charge < -0.3 is 9.47 Å². The normalized spacial score (nSPS) is 10.0. The first-order valence-electron chi connectivity index (χ1n) is 11.9. The van der Waals surface area contributed by atoms with Crippen molar-refractivity contribution in [1.29, 1.82) is 0 Å². The maximum absolute atomic E-state index is 11.4. The molecule has 0 radical (unpaired) electrons. The molecule has 0 rings (SSSR count). The molecule has 166 valence electrons. The van der Waals surface area contributed by atoms with E-state index in [1.54, 1.807) is 7.11 Å². The Morgan fingerprint density at radius 3 is 1.66 bits per heavy atom. The standard InChI is InChI=1S/C26H44O3/c1-3-4-5-6-7-8-9-10-11-12-13-14-15-16-17-18-19-20-21-22-23-26(27)29-25-24-28-2/h3-13,18-25H2,1-2H3. The lowest BCUT2D eigenvalue weighted by molar-refractivity contribution is -0.145. The minimum absolute atomic E-state index is 0.125. The van der Waals surface area contributed by atoms with Gasteiger partial charge in [-0.2, -0.15) is 0 Å². The van der Waals surface area contributed by atoms with Crippen LogP contribution in [0.4, 0.5) is 0 Å². The molecule has 0 amide bonds. The molecule has 0 aliphatic rings. The van der Waals surface area contributed by atoms with Gasteiger partial charge in [-0.15, -0.1) is 0 Å². The van der Waals surface area contributed by atoms with Crippen LogP contribution in [0, 0.1) is 23.7 Å². The van der Waals surface area contributed by atoms with E-state index in [1.807, 2.05) is 0 Å². The molecule has 3 nitrogen and oxygen atoms in total. The van der Waals surface area contributed by atoms with Crippen LogP contribution in [0.25, 0.3) is 0 Å². The van der Waals surface area contributed by atoms with Gasteiger partial charge in [-0.05, 0) is 31.1 Å². The van der Waals surface area contributed by atoms with Crippen molar-refractivity contribution in [3.8, 4) is 23.7 Å². The van der Waals surface area contributed by atoms with Gasteiger partial charge in [0, 0.05) is 26.4 Å². The second kappa shape index (κ2) is 24.6. The van der Waals surface area contributed by atoms with Crippen LogP contribution in [0.5, 0.6) is 0 Å². The van der Waals surface area contributed by atoms with E-state index in [0.717, 1.165) is 38.5 Å². The zero-order valence-electron chi connectivity index (χ0n) is 19.2. The van der Waals surface area contributed by atoms with Crippen molar-refractivity contribution in [1.82, 2.24) is 0 Å². The van der Waals surface area contributed by atoms with Crippen molar-refractivity contribution >= 4 is 5.97 Å². The molecule has 0 aliphatic heterocycles. The predicted octanol–water partition coefficient (Wildman–Crippen LogP) is 6.83. The lowest BCUT2D eigenvalue weighted by Gasteiger charge is -2.03. The van der Waals surface area contributed by atoms with Gasteiger partial charge in [0.25, 0.3) is 0 Å². The Balaban J connectivity index is 3.31. The number of unbranched alkanes of at least 4 members (excludes halogenated alkanes) is 14. The summed E-state index contributed by atoms with van der Waals surface area (Å²) in [7, 11) is 1.60. The van der Waals surface area contributed by atoms with Gasteiger partial charge in [-0.25, -0.2) is 0 Å². The van der Waals surface area contributed by atoms with Crippen molar-refractivity contribution < 1.29 is 14.3 Å². The van der Waals surface area contributed by atoms with Gasteiger partial charge in [-0.3, -0.25) is 4.79 Å². The summed E-state index contributed by atoms with van der Waals surface area (Å²) in [6.07, 6.45) is 20.1. The number of hydrogen-bond donors (Lipinski definition) is 0. The molecule has 0 aliphatic carbocycles. The Kier molecular flexibility index (Phi) is 23.4. The molecule has 0 aromatic carbocycles. The number of carbonyl (C=O) groups excluding carboxylic acids is 1. The fourth-order valence-electron chi connectivity index (χ4n) is 3.06. The molecular weight excluding hydrogens is 360 g/mol. The third-order valence-corrected chi connectivity index (χ3v) is 4.88. The number of hydrogen-bond acceptors (Lipinski definition) is 3. The topological polar surface area (TPSA) is 35.5 Å². The summed E-state index contributed by atoms with van der Waals surface area (Å²) in [6, 6.07) is 0. The summed E-state index contributed by atoms with van der Waals surface area (Å²) >= 11 is 0. The average molecular weight is 405 g/mol. The summed E-state index contributed by atoms with van der Waals surface area (Å²) in [6.45, 7) is 3.09. The van der Waals surface area contributed by atoms with Gasteiger partial charge in [0.15, 0.2) is 0 Å². The summed E-state index contributed by atoms with van der Waals surface area (Å²) in [5, 5.41) is 0. The first kappa shape index (κ1) is 27.5. The zero-order chi connectivity index (χ0) is 21.3. The largest absolute Gasteiger partial charge is 0.463 e. The van der Waals surface area contributed by atoms with Crippen LogP contribution in [0.2, 0.25) is 0 Å². The fourth-order valence-corrected chi connectivity index (χ4v) is 3.06. The molecule has 0 aromatic heterocycles. The minimum Gasteiger partial charge on any atom is -0.463 e. The number of carbonyl (C=O) groups is 1.